The van der Waals surface area contributed by atoms with E-state index in [0.717, 1.165) is 19.8 Å². The van der Waals surface area contributed by atoms with Gasteiger partial charge < -0.3 is 9.47 Å². The molecule has 1 fully saturated rings. The number of hydrogen-bond donors (Lipinski definition) is 0. The highest BCUT2D eigenvalue weighted by Crippen LogP contribution is 2.35. The highest BCUT2D eigenvalue weighted by molar-refractivity contribution is 4.83. The lowest BCUT2D eigenvalue weighted by Crippen LogP contribution is -2.36. The zero-order chi connectivity index (χ0) is 11.0. The second kappa shape index (κ2) is 7.24. The molecule has 2 heteroatoms. The minimum absolute atomic E-state index is 0.199. The smallest absolute Gasteiger partial charge is 0.0708 e. The van der Waals surface area contributed by atoms with Crippen molar-refractivity contribution in [3.63, 3.8) is 0 Å². The largest absolute Gasteiger partial charge is 0.379 e. The number of hydrogen-bond acceptors (Lipinski definition) is 2. The summed E-state index contributed by atoms with van der Waals surface area (Å²) in [4.78, 5) is 0. The van der Waals surface area contributed by atoms with E-state index in [1.54, 1.807) is 0 Å². The van der Waals surface area contributed by atoms with Crippen LogP contribution in [0.3, 0.4) is 0 Å². The van der Waals surface area contributed by atoms with Crippen molar-refractivity contribution in [3.8, 4) is 0 Å². The van der Waals surface area contributed by atoms with Gasteiger partial charge in [-0.05, 0) is 26.2 Å². The molecule has 1 aliphatic carbocycles. The summed E-state index contributed by atoms with van der Waals surface area (Å²) in [5.41, 5.74) is 0.199. The molecule has 0 atom stereocenters. The summed E-state index contributed by atoms with van der Waals surface area (Å²) in [6.07, 6.45) is 9.04. The van der Waals surface area contributed by atoms with Gasteiger partial charge in [-0.2, -0.15) is 0 Å². The van der Waals surface area contributed by atoms with Crippen molar-refractivity contribution in [3.05, 3.63) is 0 Å². The summed E-state index contributed by atoms with van der Waals surface area (Å²) in [6, 6.07) is 0. The summed E-state index contributed by atoms with van der Waals surface area (Å²) in [5, 5.41) is 0. The average Bonchev–Trinajstić information content (AvgIpc) is 2.26. The molecule has 1 saturated carbocycles. The van der Waals surface area contributed by atoms with Crippen LogP contribution in [0.5, 0.6) is 0 Å². The van der Waals surface area contributed by atoms with E-state index in [-0.39, 0.29) is 5.60 Å². The molecule has 0 unspecified atom stereocenters. The molecule has 0 aliphatic heterocycles. The third-order valence-corrected chi connectivity index (χ3v) is 3.31. The average molecular weight is 214 g/mol. The maximum atomic E-state index is 6.09. The molecule has 0 aromatic heterocycles. The second-order valence-corrected chi connectivity index (χ2v) is 4.54. The van der Waals surface area contributed by atoms with Gasteiger partial charge in [-0.3, -0.25) is 0 Å². The van der Waals surface area contributed by atoms with Crippen LogP contribution >= 0.6 is 0 Å². The molecule has 0 saturated heterocycles. The maximum Gasteiger partial charge on any atom is 0.0708 e. The summed E-state index contributed by atoms with van der Waals surface area (Å²) < 4.78 is 11.4. The van der Waals surface area contributed by atoms with Crippen molar-refractivity contribution in [2.24, 2.45) is 0 Å². The normalized spacial score (nSPS) is 20.4. The van der Waals surface area contributed by atoms with E-state index >= 15 is 0 Å². The fourth-order valence-electron chi connectivity index (χ4n) is 2.58. The second-order valence-electron chi connectivity index (χ2n) is 4.54. The van der Waals surface area contributed by atoms with Crippen LogP contribution in [-0.2, 0) is 9.47 Å². The van der Waals surface area contributed by atoms with E-state index in [1.807, 2.05) is 6.92 Å². The first-order chi connectivity index (χ1) is 7.33. The van der Waals surface area contributed by atoms with Crippen LogP contribution in [0.2, 0.25) is 0 Å². The highest BCUT2D eigenvalue weighted by atomic mass is 16.5. The number of ether oxygens (including phenoxy) is 2. The molecule has 1 aliphatic rings. The first-order valence-electron chi connectivity index (χ1n) is 6.55. The molecule has 0 radical (unpaired) electrons. The Morgan fingerprint density at radius 1 is 1.00 bits per heavy atom. The van der Waals surface area contributed by atoms with Crippen LogP contribution in [0.25, 0.3) is 0 Å². The van der Waals surface area contributed by atoms with E-state index in [4.69, 9.17) is 9.47 Å². The zero-order valence-electron chi connectivity index (χ0n) is 10.4. The molecule has 0 bridgehead atoms. The lowest BCUT2D eigenvalue weighted by molar-refractivity contribution is -0.0920. The summed E-state index contributed by atoms with van der Waals surface area (Å²) >= 11 is 0. The Bertz CT molecular complexity index is 145. The van der Waals surface area contributed by atoms with Gasteiger partial charge in [-0.1, -0.05) is 32.6 Å². The molecule has 0 spiro atoms. The lowest BCUT2D eigenvalue weighted by Gasteiger charge is -2.37. The van der Waals surface area contributed by atoms with Crippen molar-refractivity contribution >= 4 is 0 Å². The molecule has 0 aromatic carbocycles. The fourth-order valence-corrected chi connectivity index (χ4v) is 2.58. The quantitative estimate of drug-likeness (QED) is 0.603. The first kappa shape index (κ1) is 13.0. The van der Waals surface area contributed by atoms with Gasteiger partial charge in [0.1, 0.15) is 0 Å². The molecule has 1 rings (SSSR count). The Hall–Kier alpha value is -0.0800. The molecular weight excluding hydrogens is 188 g/mol. The molecule has 0 heterocycles. The SMILES string of the molecule is CCCC1(OCCOCC)CCCCC1. The van der Waals surface area contributed by atoms with Gasteiger partial charge in [-0.25, -0.2) is 0 Å². The van der Waals surface area contributed by atoms with Crippen molar-refractivity contribution in [2.75, 3.05) is 19.8 Å². The van der Waals surface area contributed by atoms with Gasteiger partial charge >= 0.3 is 0 Å². The van der Waals surface area contributed by atoms with Gasteiger partial charge in [-0.15, -0.1) is 0 Å². The molecule has 15 heavy (non-hydrogen) atoms. The van der Waals surface area contributed by atoms with Gasteiger partial charge in [0.25, 0.3) is 0 Å². The van der Waals surface area contributed by atoms with Crippen molar-refractivity contribution in [2.45, 2.75) is 64.4 Å². The van der Waals surface area contributed by atoms with Crippen molar-refractivity contribution < 1.29 is 9.47 Å². The van der Waals surface area contributed by atoms with Crippen LogP contribution in [0.1, 0.15) is 58.8 Å². The third kappa shape index (κ3) is 4.52. The van der Waals surface area contributed by atoms with Gasteiger partial charge in [0, 0.05) is 6.61 Å². The minimum atomic E-state index is 0.199. The molecule has 0 amide bonds. The molecular formula is C13H26O2. The van der Waals surface area contributed by atoms with E-state index in [1.165, 1.54) is 44.9 Å². The standard InChI is InChI=1S/C13H26O2/c1-3-8-13(9-6-5-7-10-13)15-12-11-14-4-2/h3-12H2,1-2H3. The Labute approximate surface area is 94.3 Å². The van der Waals surface area contributed by atoms with Crippen LogP contribution in [-0.4, -0.2) is 25.4 Å². The Kier molecular flexibility index (Phi) is 6.26. The monoisotopic (exact) mass is 214 g/mol. The lowest BCUT2D eigenvalue weighted by atomic mass is 9.81. The van der Waals surface area contributed by atoms with Crippen LogP contribution in [0.4, 0.5) is 0 Å². The van der Waals surface area contributed by atoms with E-state index in [9.17, 15) is 0 Å². The van der Waals surface area contributed by atoms with Crippen LogP contribution in [0.15, 0.2) is 0 Å². The van der Waals surface area contributed by atoms with Crippen LogP contribution < -0.4 is 0 Å². The number of rotatable bonds is 7. The van der Waals surface area contributed by atoms with E-state index < -0.39 is 0 Å². The van der Waals surface area contributed by atoms with Crippen LogP contribution in [0, 0.1) is 0 Å². The summed E-state index contributed by atoms with van der Waals surface area (Å²) in [5.74, 6) is 0. The molecule has 0 aromatic rings. The Morgan fingerprint density at radius 3 is 2.33 bits per heavy atom. The summed E-state index contributed by atoms with van der Waals surface area (Å²) in [7, 11) is 0. The van der Waals surface area contributed by atoms with Crippen molar-refractivity contribution in [1.82, 2.24) is 0 Å². The highest BCUT2D eigenvalue weighted by Gasteiger charge is 2.31. The van der Waals surface area contributed by atoms with E-state index in [0.29, 0.717) is 0 Å². The van der Waals surface area contributed by atoms with Gasteiger partial charge in [0.15, 0.2) is 0 Å². The predicted molar refractivity (Wildman–Crippen MR) is 63.2 cm³/mol. The van der Waals surface area contributed by atoms with Crippen molar-refractivity contribution in [1.29, 1.82) is 0 Å². The van der Waals surface area contributed by atoms with Gasteiger partial charge in [0.2, 0.25) is 0 Å². The Morgan fingerprint density at radius 2 is 1.73 bits per heavy atom. The van der Waals surface area contributed by atoms with Gasteiger partial charge in [0.05, 0.1) is 18.8 Å². The minimum Gasteiger partial charge on any atom is -0.379 e. The fraction of sp³-hybridized carbons (Fsp3) is 1.00. The van der Waals surface area contributed by atoms with E-state index in [2.05, 4.69) is 6.92 Å². The molecule has 90 valence electrons. The third-order valence-electron chi connectivity index (χ3n) is 3.31. The topological polar surface area (TPSA) is 18.5 Å². The molecule has 2 nitrogen and oxygen atoms in total. The predicted octanol–water partition coefficient (Wildman–Crippen LogP) is 3.54. The summed E-state index contributed by atoms with van der Waals surface area (Å²) in [6.45, 7) is 6.60. The Balaban J connectivity index is 2.28. The zero-order valence-corrected chi connectivity index (χ0v) is 10.4. The maximum absolute atomic E-state index is 6.09. The molecule has 0 N–H and O–H groups in total. The first-order valence-corrected chi connectivity index (χ1v) is 6.55.